The lowest BCUT2D eigenvalue weighted by Gasteiger charge is -2.24. The molecule has 4 heteroatoms. The Bertz CT molecular complexity index is 791. The first-order valence-electron chi connectivity index (χ1n) is 7.86. The SMILES string of the molecule is CC(O)(CNC(=O)c1ccc(-n2cccc2)cc1)c1ccccc1. The molecule has 1 heterocycles. The molecule has 0 radical (unpaired) electrons. The van der Waals surface area contributed by atoms with E-state index in [1.54, 1.807) is 19.1 Å². The Morgan fingerprint density at radius 1 is 1.00 bits per heavy atom. The van der Waals surface area contributed by atoms with Crippen LogP contribution < -0.4 is 5.32 Å². The van der Waals surface area contributed by atoms with E-state index in [2.05, 4.69) is 5.32 Å². The molecule has 0 aliphatic rings. The third kappa shape index (κ3) is 3.55. The summed E-state index contributed by atoms with van der Waals surface area (Å²) in [6.07, 6.45) is 3.90. The topological polar surface area (TPSA) is 54.3 Å². The Kier molecular flexibility index (Phi) is 4.49. The molecule has 0 saturated carbocycles. The summed E-state index contributed by atoms with van der Waals surface area (Å²) in [5, 5.41) is 13.3. The largest absolute Gasteiger partial charge is 0.384 e. The third-order valence-electron chi connectivity index (χ3n) is 4.02. The average molecular weight is 320 g/mol. The van der Waals surface area contributed by atoms with Crippen molar-refractivity contribution in [2.45, 2.75) is 12.5 Å². The average Bonchev–Trinajstić information content (AvgIpc) is 3.15. The Morgan fingerprint density at radius 2 is 1.62 bits per heavy atom. The molecule has 3 aromatic rings. The zero-order chi connectivity index (χ0) is 17.0. The van der Waals surface area contributed by atoms with Gasteiger partial charge in [0.15, 0.2) is 0 Å². The minimum atomic E-state index is -1.11. The minimum absolute atomic E-state index is 0.148. The lowest BCUT2D eigenvalue weighted by atomic mass is 9.96. The second-order valence-electron chi connectivity index (χ2n) is 5.96. The number of aliphatic hydroxyl groups is 1. The lowest BCUT2D eigenvalue weighted by molar-refractivity contribution is 0.0526. The van der Waals surface area contributed by atoms with Gasteiger partial charge in [-0.3, -0.25) is 4.79 Å². The van der Waals surface area contributed by atoms with Crippen LogP contribution in [0.1, 0.15) is 22.8 Å². The molecular weight excluding hydrogens is 300 g/mol. The normalized spacial score (nSPS) is 13.2. The van der Waals surface area contributed by atoms with Gasteiger partial charge in [-0.25, -0.2) is 0 Å². The maximum atomic E-state index is 12.3. The summed E-state index contributed by atoms with van der Waals surface area (Å²) in [7, 11) is 0. The Hall–Kier alpha value is -2.85. The Labute approximate surface area is 141 Å². The van der Waals surface area contributed by atoms with Crippen LogP contribution in [0.5, 0.6) is 0 Å². The first-order valence-corrected chi connectivity index (χ1v) is 7.86. The van der Waals surface area contributed by atoms with Crippen LogP contribution in [0.25, 0.3) is 5.69 Å². The monoisotopic (exact) mass is 320 g/mol. The quantitative estimate of drug-likeness (QED) is 0.759. The van der Waals surface area contributed by atoms with Gasteiger partial charge in [-0.2, -0.15) is 0 Å². The predicted molar refractivity (Wildman–Crippen MR) is 94.1 cm³/mol. The number of aromatic nitrogens is 1. The van der Waals surface area contributed by atoms with E-state index in [4.69, 9.17) is 0 Å². The second-order valence-corrected chi connectivity index (χ2v) is 5.96. The molecule has 2 N–H and O–H groups in total. The van der Waals surface area contributed by atoms with Gasteiger partial charge in [0.1, 0.15) is 5.60 Å². The van der Waals surface area contributed by atoms with Crippen LogP contribution in [0.2, 0.25) is 0 Å². The highest BCUT2D eigenvalue weighted by molar-refractivity contribution is 5.94. The molecular formula is C20H20N2O2. The van der Waals surface area contributed by atoms with E-state index >= 15 is 0 Å². The van der Waals surface area contributed by atoms with Crippen molar-refractivity contribution in [2.75, 3.05) is 6.54 Å². The summed E-state index contributed by atoms with van der Waals surface area (Å²) in [5.74, 6) is -0.203. The number of carbonyl (C=O) groups is 1. The van der Waals surface area contributed by atoms with E-state index in [0.29, 0.717) is 5.56 Å². The summed E-state index contributed by atoms with van der Waals surface area (Å²) < 4.78 is 1.97. The minimum Gasteiger partial charge on any atom is -0.384 e. The molecule has 1 atom stereocenters. The first-order chi connectivity index (χ1) is 11.6. The maximum absolute atomic E-state index is 12.3. The van der Waals surface area contributed by atoms with Crippen molar-refractivity contribution in [3.05, 3.63) is 90.3 Å². The van der Waals surface area contributed by atoms with Crippen molar-refractivity contribution >= 4 is 5.91 Å². The van der Waals surface area contributed by atoms with Crippen molar-refractivity contribution in [1.82, 2.24) is 9.88 Å². The number of hydrogen-bond acceptors (Lipinski definition) is 2. The van der Waals surface area contributed by atoms with E-state index in [1.165, 1.54) is 0 Å². The fourth-order valence-corrected chi connectivity index (χ4v) is 2.55. The number of nitrogens with zero attached hydrogens (tertiary/aromatic N) is 1. The molecule has 4 nitrogen and oxygen atoms in total. The number of hydrogen-bond donors (Lipinski definition) is 2. The van der Waals surface area contributed by atoms with Gasteiger partial charge in [-0.05, 0) is 48.9 Å². The maximum Gasteiger partial charge on any atom is 0.251 e. The van der Waals surface area contributed by atoms with E-state index < -0.39 is 5.60 Å². The number of rotatable bonds is 5. The highest BCUT2D eigenvalue weighted by Crippen LogP contribution is 2.19. The van der Waals surface area contributed by atoms with Crippen LogP contribution in [0.15, 0.2) is 79.1 Å². The van der Waals surface area contributed by atoms with Crippen LogP contribution in [0, 0.1) is 0 Å². The Balaban J connectivity index is 1.65. The van der Waals surface area contributed by atoms with Crippen molar-refractivity contribution in [2.24, 2.45) is 0 Å². The second kappa shape index (κ2) is 6.72. The summed E-state index contributed by atoms with van der Waals surface area (Å²) in [5.41, 5.74) is 1.22. The van der Waals surface area contributed by atoms with Gasteiger partial charge in [0, 0.05) is 23.6 Å². The van der Waals surface area contributed by atoms with E-state index in [0.717, 1.165) is 11.3 Å². The molecule has 0 bridgehead atoms. The molecule has 0 aliphatic heterocycles. The molecule has 24 heavy (non-hydrogen) atoms. The molecule has 2 aromatic carbocycles. The third-order valence-corrected chi connectivity index (χ3v) is 4.02. The molecule has 1 amide bonds. The van der Waals surface area contributed by atoms with Crippen molar-refractivity contribution < 1.29 is 9.90 Å². The summed E-state index contributed by atoms with van der Waals surface area (Å²) in [6, 6.07) is 20.6. The van der Waals surface area contributed by atoms with Gasteiger partial charge in [0.2, 0.25) is 0 Å². The van der Waals surface area contributed by atoms with Crippen LogP contribution in [-0.2, 0) is 5.60 Å². The van der Waals surface area contributed by atoms with E-state index in [1.807, 2.05) is 71.6 Å². The summed E-state index contributed by atoms with van der Waals surface area (Å²) in [6.45, 7) is 1.84. The zero-order valence-electron chi connectivity index (χ0n) is 13.5. The van der Waals surface area contributed by atoms with Gasteiger partial charge in [0.25, 0.3) is 5.91 Å². The molecule has 1 aromatic heterocycles. The molecule has 3 rings (SSSR count). The highest BCUT2D eigenvalue weighted by Gasteiger charge is 2.23. The Morgan fingerprint density at radius 3 is 2.25 bits per heavy atom. The molecule has 1 unspecified atom stereocenters. The first kappa shape index (κ1) is 16.0. The van der Waals surface area contributed by atoms with Crippen LogP contribution >= 0.6 is 0 Å². The van der Waals surface area contributed by atoms with Gasteiger partial charge >= 0.3 is 0 Å². The van der Waals surface area contributed by atoms with Crippen LogP contribution in [0.4, 0.5) is 0 Å². The van der Waals surface area contributed by atoms with Crippen molar-refractivity contribution in [3.63, 3.8) is 0 Å². The van der Waals surface area contributed by atoms with Gasteiger partial charge in [-0.1, -0.05) is 30.3 Å². The predicted octanol–water partition coefficient (Wildman–Crippen LogP) is 3.11. The fraction of sp³-hybridized carbons (Fsp3) is 0.150. The highest BCUT2D eigenvalue weighted by atomic mass is 16.3. The number of carbonyl (C=O) groups excluding carboxylic acids is 1. The van der Waals surface area contributed by atoms with E-state index in [-0.39, 0.29) is 12.5 Å². The molecule has 122 valence electrons. The fourth-order valence-electron chi connectivity index (χ4n) is 2.55. The van der Waals surface area contributed by atoms with Crippen molar-refractivity contribution in [3.8, 4) is 5.69 Å². The summed E-state index contributed by atoms with van der Waals surface area (Å²) >= 11 is 0. The van der Waals surface area contributed by atoms with Crippen molar-refractivity contribution in [1.29, 1.82) is 0 Å². The van der Waals surface area contributed by atoms with Gasteiger partial charge < -0.3 is 15.0 Å². The molecule has 0 saturated heterocycles. The van der Waals surface area contributed by atoms with Crippen LogP contribution in [-0.4, -0.2) is 22.1 Å². The lowest BCUT2D eigenvalue weighted by Crippen LogP contribution is -2.38. The molecule has 0 fully saturated rings. The van der Waals surface area contributed by atoms with Gasteiger partial charge in [-0.15, -0.1) is 0 Å². The zero-order valence-corrected chi connectivity index (χ0v) is 13.5. The molecule has 0 aliphatic carbocycles. The molecule has 0 spiro atoms. The summed E-state index contributed by atoms with van der Waals surface area (Å²) in [4.78, 5) is 12.3. The van der Waals surface area contributed by atoms with Crippen LogP contribution in [0.3, 0.4) is 0 Å². The number of amides is 1. The number of benzene rings is 2. The standard InChI is InChI=1S/C20H20N2O2/c1-20(24,17-7-3-2-4-8-17)15-21-19(23)16-9-11-18(12-10-16)22-13-5-6-14-22/h2-14,24H,15H2,1H3,(H,21,23). The van der Waals surface area contributed by atoms with Gasteiger partial charge in [0.05, 0.1) is 6.54 Å². The van der Waals surface area contributed by atoms with E-state index in [9.17, 15) is 9.90 Å². The smallest absolute Gasteiger partial charge is 0.251 e. The number of nitrogens with one attached hydrogen (secondary N) is 1.